The molecule has 1 N–H and O–H groups in total. The van der Waals surface area contributed by atoms with Crippen molar-refractivity contribution in [2.75, 3.05) is 11.9 Å². The Kier molecular flexibility index (Phi) is 5.78. The number of carbonyl (C=O) groups is 2. The second-order valence-corrected chi connectivity index (χ2v) is 5.54. The molecule has 0 radical (unpaired) electrons. The number of carbonyl (C=O) groups excluding carboxylic acids is 2. The highest BCUT2D eigenvalue weighted by Gasteiger charge is 2.21. The number of benzene rings is 1. The third-order valence-corrected chi connectivity index (χ3v) is 3.78. The number of hydrogen-bond acceptors (Lipinski definition) is 3. The van der Waals surface area contributed by atoms with Gasteiger partial charge in [-0.05, 0) is 37.5 Å². The molecule has 4 nitrogen and oxygen atoms in total. The van der Waals surface area contributed by atoms with Gasteiger partial charge < -0.3 is 10.1 Å². The molecular weight excluding hydrogens is 266 g/mol. The van der Waals surface area contributed by atoms with Crippen LogP contribution in [-0.4, -0.2) is 18.5 Å². The predicted octanol–water partition coefficient (Wildman–Crippen LogP) is 3.77. The zero-order valence-corrected chi connectivity index (χ0v) is 12.6. The Morgan fingerprint density at radius 3 is 2.71 bits per heavy atom. The topological polar surface area (TPSA) is 55.4 Å². The zero-order chi connectivity index (χ0) is 15.1. The summed E-state index contributed by atoms with van der Waals surface area (Å²) in [6.45, 7) is 2.37. The number of amides is 1. The molecule has 0 unspecified atom stereocenters. The van der Waals surface area contributed by atoms with E-state index in [1.165, 1.54) is 6.42 Å². The standard InChI is InChI=1S/C17H23NO3/c1-2-11-21-17(20)14-9-6-10-15(12-14)18-16(19)13-7-4-3-5-8-13/h6,9-10,12-13H,2-5,7-8,11H2,1H3,(H,18,19). The molecule has 0 atom stereocenters. The summed E-state index contributed by atoms with van der Waals surface area (Å²) in [5.74, 6) is -0.172. The molecule has 1 aromatic rings. The molecule has 4 heteroatoms. The Morgan fingerprint density at radius 1 is 1.24 bits per heavy atom. The van der Waals surface area contributed by atoms with Gasteiger partial charge in [0.25, 0.3) is 0 Å². The molecule has 114 valence electrons. The lowest BCUT2D eigenvalue weighted by atomic mass is 9.88. The number of esters is 1. The van der Waals surface area contributed by atoms with Crippen molar-refractivity contribution in [1.82, 2.24) is 0 Å². The molecule has 0 bridgehead atoms. The van der Waals surface area contributed by atoms with E-state index in [-0.39, 0.29) is 17.8 Å². The van der Waals surface area contributed by atoms with Gasteiger partial charge in [0.2, 0.25) is 5.91 Å². The second kappa shape index (κ2) is 7.81. The molecule has 1 saturated carbocycles. The average Bonchev–Trinajstić information content (AvgIpc) is 2.53. The van der Waals surface area contributed by atoms with Crippen LogP contribution in [0.5, 0.6) is 0 Å². The quantitative estimate of drug-likeness (QED) is 0.839. The largest absolute Gasteiger partial charge is 0.462 e. The molecule has 0 saturated heterocycles. The van der Waals surface area contributed by atoms with E-state index in [1.54, 1.807) is 24.3 Å². The van der Waals surface area contributed by atoms with E-state index < -0.39 is 0 Å². The van der Waals surface area contributed by atoms with E-state index in [4.69, 9.17) is 4.74 Å². The van der Waals surface area contributed by atoms with Crippen molar-refractivity contribution in [1.29, 1.82) is 0 Å². The Balaban J connectivity index is 1.96. The van der Waals surface area contributed by atoms with Crippen molar-refractivity contribution < 1.29 is 14.3 Å². The van der Waals surface area contributed by atoms with Crippen molar-refractivity contribution in [3.63, 3.8) is 0 Å². The van der Waals surface area contributed by atoms with Gasteiger partial charge in [-0.2, -0.15) is 0 Å². The number of nitrogens with one attached hydrogen (secondary N) is 1. The first-order valence-electron chi connectivity index (χ1n) is 7.78. The van der Waals surface area contributed by atoms with Crippen LogP contribution in [-0.2, 0) is 9.53 Å². The molecule has 2 rings (SSSR count). The van der Waals surface area contributed by atoms with Gasteiger partial charge in [0.15, 0.2) is 0 Å². The highest BCUT2D eigenvalue weighted by molar-refractivity contribution is 5.95. The Labute approximate surface area is 125 Å². The summed E-state index contributed by atoms with van der Waals surface area (Å²) < 4.78 is 5.10. The average molecular weight is 289 g/mol. The SMILES string of the molecule is CCCOC(=O)c1cccc(NC(=O)C2CCCCC2)c1. The van der Waals surface area contributed by atoms with Crippen LogP contribution in [0.15, 0.2) is 24.3 Å². The van der Waals surface area contributed by atoms with Crippen LogP contribution >= 0.6 is 0 Å². The molecule has 1 fully saturated rings. The van der Waals surface area contributed by atoms with Crippen LogP contribution in [0.2, 0.25) is 0 Å². The van der Waals surface area contributed by atoms with E-state index in [9.17, 15) is 9.59 Å². The van der Waals surface area contributed by atoms with Gasteiger partial charge in [-0.1, -0.05) is 32.3 Å². The Morgan fingerprint density at radius 2 is 2.00 bits per heavy atom. The van der Waals surface area contributed by atoms with E-state index in [0.29, 0.717) is 17.9 Å². The monoisotopic (exact) mass is 289 g/mol. The minimum Gasteiger partial charge on any atom is -0.462 e. The molecule has 1 aromatic carbocycles. The minimum atomic E-state index is -0.342. The van der Waals surface area contributed by atoms with E-state index >= 15 is 0 Å². The first kappa shape index (κ1) is 15.5. The van der Waals surface area contributed by atoms with Crippen LogP contribution in [0.4, 0.5) is 5.69 Å². The molecule has 1 amide bonds. The van der Waals surface area contributed by atoms with Crippen LogP contribution in [0.1, 0.15) is 55.8 Å². The third kappa shape index (κ3) is 4.59. The molecule has 0 heterocycles. The highest BCUT2D eigenvalue weighted by atomic mass is 16.5. The van der Waals surface area contributed by atoms with Crippen LogP contribution in [0.3, 0.4) is 0 Å². The fourth-order valence-corrected chi connectivity index (χ4v) is 2.61. The van der Waals surface area contributed by atoms with E-state index in [0.717, 1.165) is 32.1 Å². The highest BCUT2D eigenvalue weighted by Crippen LogP contribution is 2.25. The maximum atomic E-state index is 12.2. The molecule has 1 aliphatic carbocycles. The number of hydrogen-bond donors (Lipinski definition) is 1. The van der Waals surface area contributed by atoms with Gasteiger partial charge in [-0.15, -0.1) is 0 Å². The number of ether oxygens (including phenoxy) is 1. The number of rotatable bonds is 5. The van der Waals surface area contributed by atoms with E-state index in [2.05, 4.69) is 5.32 Å². The molecule has 0 aromatic heterocycles. The maximum Gasteiger partial charge on any atom is 0.338 e. The lowest BCUT2D eigenvalue weighted by molar-refractivity contribution is -0.120. The summed E-state index contributed by atoms with van der Waals surface area (Å²) in [5, 5.41) is 2.92. The molecule has 21 heavy (non-hydrogen) atoms. The second-order valence-electron chi connectivity index (χ2n) is 5.54. The Bertz CT molecular complexity index is 493. The predicted molar refractivity (Wildman–Crippen MR) is 82.2 cm³/mol. The minimum absolute atomic E-state index is 0.0637. The molecule has 0 aliphatic heterocycles. The van der Waals surface area contributed by atoms with Crippen molar-refractivity contribution in [3.8, 4) is 0 Å². The van der Waals surface area contributed by atoms with Crippen LogP contribution < -0.4 is 5.32 Å². The summed E-state index contributed by atoms with van der Waals surface area (Å²) in [5.41, 5.74) is 1.14. The lowest BCUT2D eigenvalue weighted by Gasteiger charge is -2.20. The van der Waals surface area contributed by atoms with Crippen molar-refractivity contribution in [2.45, 2.75) is 45.4 Å². The van der Waals surface area contributed by atoms with Crippen LogP contribution in [0.25, 0.3) is 0 Å². The first-order valence-corrected chi connectivity index (χ1v) is 7.78. The summed E-state index contributed by atoms with van der Waals surface area (Å²) in [7, 11) is 0. The fraction of sp³-hybridized carbons (Fsp3) is 0.529. The summed E-state index contributed by atoms with van der Waals surface area (Å²) in [4.78, 5) is 24.0. The van der Waals surface area contributed by atoms with Crippen molar-refractivity contribution in [3.05, 3.63) is 29.8 Å². The summed E-state index contributed by atoms with van der Waals surface area (Å²) >= 11 is 0. The maximum absolute atomic E-state index is 12.2. The van der Waals surface area contributed by atoms with Gasteiger partial charge in [0.05, 0.1) is 12.2 Å². The van der Waals surface area contributed by atoms with Gasteiger partial charge in [-0.25, -0.2) is 4.79 Å². The smallest absolute Gasteiger partial charge is 0.338 e. The third-order valence-electron chi connectivity index (χ3n) is 3.78. The number of anilines is 1. The molecular formula is C17H23NO3. The molecule has 1 aliphatic rings. The zero-order valence-electron chi connectivity index (χ0n) is 12.6. The lowest BCUT2D eigenvalue weighted by Crippen LogP contribution is -2.24. The van der Waals surface area contributed by atoms with Crippen molar-refractivity contribution in [2.24, 2.45) is 5.92 Å². The van der Waals surface area contributed by atoms with Crippen molar-refractivity contribution >= 4 is 17.6 Å². The first-order chi connectivity index (χ1) is 10.2. The van der Waals surface area contributed by atoms with E-state index in [1.807, 2.05) is 6.92 Å². The van der Waals surface area contributed by atoms with Gasteiger partial charge >= 0.3 is 5.97 Å². The normalized spacial score (nSPS) is 15.5. The van der Waals surface area contributed by atoms with Gasteiger partial charge in [-0.3, -0.25) is 4.79 Å². The summed E-state index contributed by atoms with van der Waals surface area (Å²) in [6.07, 6.45) is 6.20. The molecule has 0 spiro atoms. The van der Waals surface area contributed by atoms with Gasteiger partial charge in [0, 0.05) is 11.6 Å². The van der Waals surface area contributed by atoms with Gasteiger partial charge in [0.1, 0.15) is 0 Å². The summed E-state index contributed by atoms with van der Waals surface area (Å²) in [6, 6.07) is 6.95. The fourth-order valence-electron chi connectivity index (χ4n) is 2.61. The van der Waals surface area contributed by atoms with Crippen LogP contribution in [0, 0.1) is 5.92 Å². The Hall–Kier alpha value is -1.84.